The number of hydrogen-bond donors (Lipinski definition) is 4. The van der Waals surface area contributed by atoms with Gasteiger partial charge < -0.3 is 34.8 Å². The number of aromatic nitrogens is 2. The smallest absolute Gasteiger partial charge is 0.490 e. The van der Waals surface area contributed by atoms with Crippen LogP contribution in [-0.4, -0.2) is 62.4 Å². The van der Waals surface area contributed by atoms with E-state index in [0.29, 0.717) is 40.9 Å². The number of amides is 1. The number of aromatic amines is 1. The molecule has 71 heavy (non-hydrogen) atoms. The molecule has 5 N–H and O–H groups in total. The number of rotatable bonds is 7. The van der Waals surface area contributed by atoms with Crippen molar-refractivity contribution in [2.24, 2.45) is 0 Å². The number of nitrogens with one attached hydrogen (secondary N) is 2. The van der Waals surface area contributed by atoms with Gasteiger partial charge in [-0.3, -0.25) is 9.88 Å². The Morgan fingerprint density at radius 3 is 1.51 bits per heavy atom. The highest BCUT2D eigenvalue weighted by Crippen LogP contribution is 2.43. The van der Waals surface area contributed by atoms with Crippen LogP contribution in [0.4, 0.5) is 60.5 Å². The molecule has 382 valence electrons. The first-order chi connectivity index (χ1) is 32.8. The lowest BCUT2D eigenvalue weighted by molar-refractivity contribution is -0.192. The Morgan fingerprint density at radius 1 is 0.648 bits per heavy atom. The van der Waals surface area contributed by atoms with Crippen LogP contribution < -0.4 is 20.5 Å². The van der Waals surface area contributed by atoms with Gasteiger partial charge in [-0.05, 0) is 151 Å². The van der Waals surface area contributed by atoms with E-state index in [1.54, 1.807) is 78.1 Å². The van der Waals surface area contributed by atoms with Crippen LogP contribution >= 0.6 is 0 Å². The normalized spacial score (nSPS) is 18.1. The van der Waals surface area contributed by atoms with Gasteiger partial charge in [0, 0.05) is 28.7 Å². The minimum Gasteiger partial charge on any atom is -0.490 e. The highest BCUT2D eigenvalue weighted by molar-refractivity contribution is 6.03. The van der Waals surface area contributed by atoms with Gasteiger partial charge in [0.2, 0.25) is 0 Å². The number of hydrogen-bond acceptors (Lipinski definition) is 8. The van der Waals surface area contributed by atoms with Crippen molar-refractivity contribution in [2.45, 2.75) is 121 Å². The highest BCUT2D eigenvalue weighted by atomic mass is 19.4. The zero-order chi connectivity index (χ0) is 52.4. The molecular weight excluding hydrogens is 956 g/mol. The molecule has 0 atom stereocenters. The van der Waals surface area contributed by atoms with E-state index in [1.165, 1.54) is 22.9 Å². The third-order valence-corrected chi connectivity index (χ3v) is 11.1. The third kappa shape index (κ3) is 14.3. The van der Waals surface area contributed by atoms with Crippen LogP contribution in [0.15, 0.2) is 97.3 Å². The number of nitrogen functional groups attached to an aromatic ring is 1. The van der Waals surface area contributed by atoms with Crippen molar-refractivity contribution in [3.63, 3.8) is 0 Å². The maximum Gasteiger partial charge on any atom is 0.490 e. The number of carbonyl (C=O) groups excluding carboxylic acids is 2. The molecule has 0 saturated heterocycles. The van der Waals surface area contributed by atoms with Crippen molar-refractivity contribution >= 4 is 51.3 Å². The zero-order valence-electron chi connectivity index (χ0n) is 39.1. The third-order valence-electron chi connectivity index (χ3n) is 11.1. The van der Waals surface area contributed by atoms with E-state index in [2.05, 4.69) is 10.3 Å². The fraction of sp³-hybridized carbons (Fsp3) is 0.380. The number of benzene rings is 4. The fourth-order valence-electron chi connectivity index (χ4n) is 7.59. The van der Waals surface area contributed by atoms with E-state index in [-0.39, 0.29) is 24.0 Å². The second-order valence-electron chi connectivity index (χ2n) is 19.0. The summed E-state index contributed by atoms with van der Waals surface area (Å²) in [5, 5.41) is 11.3. The molecule has 4 aromatic carbocycles. The van der Waals surface area contributed by atoms with Gasteiger partial charge in [0.15, 0.2) is 0 Å². The SMILES string of the molecule is CC(C)(C)OC(=O)Nc1cn(C(=O)OC(C)(C)C)c2ccc(O[C@H]3C[C@H](c4ccc(C(F)(F)F)cc4)C3)cc12.Nc1c[nH]c2ccc(O[C@H]3C[C@H](c4ccc(C(F)(F)F)cc4)C3)cc12.O=C(O)C(F)(F)F. The summed E-state index contributed by atoms with van der Waals surface area (Å²) < 4.78 is 132. The summed E-state index contributed by atoms with van der Waals surface area (Å²) in [6, 6.07) is 21.6. The number of aliphatic carboxylic acids is 1. The van der Waals surface area contributed by atoms with Crippen molar-refractivity contribution in [2.75, 3.05) is 11.1 Å². The molecule has 21 heteroatoms. The van der Waals surface area contributed by atoms with Crippen molar-refractivity contribution in [3.05, 3.63) is 120 Å². The monoisotopic (exact) mass is 1010 g/mol. The Kier molecular flexibility index (Phi) is 15.3. The number of fused-ring (bicyclic) bond motifs is 2. The summed E-state index contributed by atoms with van der Waals surface area (Å²) >= 11 is 0. The summed E-state index contributed by atoms with van der Waals surface area (Å²) in [6.07, 6.45) is -8.91. The van der Waals surface area contributed by atoms with Gasteiger partial charge in [-0.2, -0.15) is 39.5 Å². The maximum atomic E-state index is 12.9. The van der Waals surface area contributed by atoms with Crippen LogP contribution in [0.2, 0.25) is 0 Å². The average molecular weight is 1010 g/mol. The van der Waals surface area contributed by atoms with E-state index in [1.807, 2.05) is 18.2 Å². The summed E-state index contributed by atoms with van der Waals surface area (Å²) in [5.74, 6) is -1.11. The molecule has 0 radical (unpaired) electrons. The lowest BCUT2D eigenvalue weighted by Gasteiger charge is -2.35. The number of anilines is 2. The summed E-state index contributed by atoms with van der Waals surface area (Å²) in [5.41, 5.74) is 7.46. The topological polar surface area (TPSA) is 167 Å². The summed E-state index contributed by atoms with van der Waals surface area (Å²) in [6.45, 7) is 10.5. The van der Waals surface area contributed by atoms with Crippen molar-refractivity contribution in [3.8, 4) is 11.5 Å². The number of nitrogens with two attached hydrogens (primary N) is 1. The van der Waals surface area contributed by atoms with Gasteiger partial charge in [0.25, 0.3) is 0 Å². The Hall–Kier alpha value is -7.06. The molecule has 6 aromatic rings. The van der Waals surface area contributed by atoms with Crippen LogP contribution in [0.1, 0.15) is 101 Å². The standard InChI is InChI=1S/C29H33F3N2O5.C19H17F3N2O.C2HF3O2/c1-27(2,3)38-25(35)33-23-16-34(26(36)39-28(4,5)6)24-12-11-20(15-22(23)24)37-21-13-18(14-21)17-7-9-19(10-8-17)29(30,31)32;20-19(21,22)13-3-1-11(2-4-13)12-7-15(8-12)25-14-5-6-18-16(9-14)17(23)10-24-18;3-2(4,5)1(6)7/h7-12,15-16,18,21H,13-14H2,1-6H3,(H,33,35);1-6,9-10,12,15,24H,7-8,23H2;(H,6,7)/t18-,21-;12-,15-;. The zero-order valence-corrected chi connectivity index (χ0v) is 39.1. The number of nitrogens with zero attached hydrogens (tertiary/aromatic N) is 1. The van der Waals surface area contributed by atoms with Crippen molar-refractivity contribution in [1.29, 1.82) is 0 Å². The average Bonchev–Trinajstić information content (AvgIpc) is 3.77. The number of halogens is 9. The van der Waals surface area contributed by atoms with Crippen molar-refractivity contribution < 1.29 is 78.0 Å². The molecule has 2 aliphatic carbocycles. The first kappa shape index (κ1) is 53.3. The quantitative estimate of drug-likeness (QED) is 0.114. The van der Waals surface area contributed by atoms with Crippen LogP contribution in [0, 0.1) is 0 Å². The molecule has 2 aromatic heterocycles. The van der Waals surface area contributed by atoms with Crippen molar-refractivity contribution in [1.82, 2.24) is 9.55 Å². The fourth-order valence-corrected chi connectivity index (χ4v) is 7.59. The van der Waals surface area contributed by atoms with E-state index in [0.717, 1.165) is 64.9 Å². The number of carboxylic acid groups (broad SMARTS) is 1. The molecule has 8 rings (SSSR count). The van der Waals surface area contributed by atoms with E-state index < -0.39 is 59.0 Å². The maximum absolute atomic E-state index is 12.9. The highest BCUT2D eigenvalue weighted by Gasteiger charge is 2.39. The van der Waals surface area contributed by atoms with E-state index in [9.17, 15) is 49.1 Å². The first-order valence-corrected chi connectivity index (χ1v) is 22.1. The van der Waals surface area contributed by atoms with Crippen LogP contribution in [0.3, 0.4) is 0 Å². The second-order valence-corrected chi connectivity index (χ2v) is 19.0. The lowest BCUT2D eigenvalue weighted by atomic mass is 9.77. The predicted octanol–water partition coefficient (Wildman–Crippen LogP) is 13.8. The minimum atomic E-state index is -5.08. The number of H-pyrrole nitrogens is 1. The van der Waals surface area contributed by atoms with Crippen LogP contribution in [-0.2, 0) is 26.6 Å². The molecule has 0 aliphatic heterocycles. The Balaban J connectivity index is 0.000000219. The van der Waals surface area contributed by atoms with Gasteiger partial charge in [-0.25, -0.2) is 14.4 Å². The van der Waals surface area contributed by atoms with Gasteiger partial charge in [-0.15, -0.1) is 0 Å². The molecule has 1 amide bonds. The molecule has 0 bridgehead atoms. The van der Waals surface area contributed by atoms with E-state index in [4.69, 9.17) is 34.6 Å². The number of carboxylic acids is 1. The minimum absolute atomic E-state index is 0.0740. The molecule has 0 spiro atoms. The lowest BCUT2D eigenvalue weighted by Crippen LogP contribution is -2.32. The van der Waals surface area contributed by atoms with Gasteiger partial charge in [0.05, 0.1) is 40.2 Å². The predicted molar refractivity (Wildman–Crippen MR) is 245 cm³/mol. The Labute approximate surface area is 401 Å². The first-order valence-electron chi connectivity index (χ1n) is 22.1. The molecule has 0 unspecified atom stereocenters. The summed E-state index contributed by atoms with van der Waals surface area (Å²) in [4.78, 5) is 37.3. The molecule has 2 heterocycles. The summed E-state index contributed by atoms with van der Waals surface area (Å²) in [7, 11) is 0. The Morgan fingerprint density at radius 2 is 1.08 bits per heavy atom. The molecule has 12 nitrogen and oxygen atoms in total. The number of carbonyl (C=O) groups is 3. The molecular formula is C50H51F9N4O8. The molecule has 2 fully saturated rings. The largest absolute Gasteiger partial charge is 0.490 e. The van der Waals surface area contributed by atoms with Crippen LogP contribution in [0.5, 0.6) is 11.5 Å². The Bertz CT molecular complexity index is 2830. The van der Waals surface area contributed by atoms with Crippen LogP contribution in [0.25, 0.3) is 21.8 Å². The van der Waals surface area contributed by atoms with Gasteiger partial charge in [0.1, 0.15) is 22.7 Å². The molecule has 2 aliphatic rings. The van der Waals surface area contributed by atoms with E-state index >= 15 is 0 Å². The second kappa shape index (κ2) is 20.3. The number of ether oxygens (including phenoxy) is 4. The number of alkyl halides is 9. The van der Waals surface area contributed by atoms with Gasteiger partial charge >= 0.3 is 36.7 Å². The molecule has 2 saturated carbocycles. The van der Waals surface area contributed by atoms with Gasteiger partial charge in [-0.1, -0.05) is 24.3 Å².